The van der Waals surface area contributed by atoms with E-state index in [1.54, 1.807) is 12.1 Å². The highest BCUT2D eigenvalue weighted by molar-refractivity contribution is 5.26. The number of hydrogen-bond acceptors (Lipinski definition) is 1. The number of nitrogens with zero attached hydrogens (tertiary/aromatic N) is 1. The third-order valence-electron chi connectivity index (χ3n) is 3.66. The monoisotopic (exact) mass is 257 g/mol. The van der Waals surface area contributed by atoms with E-state index in [1.807, 2.05) is 0 Å². The van der Waals surface area contributed by atoms with Gasteiger partial charge in [0.25, 0.3) is 0 Å². The van der Waals surface area contributed by atoms with Crippen molar-refractivity contribution in [1.29, 1.82) is 0 Å². The second-order valence-electron chi connectivity index (χ2n) is 4.89. The van der Waals surface area contributed by atoms with Gasteiger partial charge < -0.3 is 0 Å². The van der Waals surface area contributed by atoms with Gasteiger partial charge in [0.2, 0.25) is 0 Å². The van der Waals surface area contributed by atoms with Crippen LogP contribution in [0, 0.1) is 0 Å². The lowest BCUT2D eigenvalue weighted by Gasteiger charge is -2.32. The molecular formula is C14H18F3N. The van der Waals surface area contributed by atoms with Gasteiger partial charge in [-0.05, 0) is 50.6 Å². The zero-order valence-electron chi connectivity index (χ0n) is 10.5. The number of piperidine rings is 1. The molecule has 0 bridgehead atoms. The fourth-order valence-corrected chi connectivity index (χ4v) is 2.47. The van der Waals surface area contributed by atoms with Gasteiger partial charge in [0, 0.05) is 6.04 Å². The predicted octanol–water partition coefficient (Wildman–Crippen LogP) is 4.25. The lowest BCUT2D eigenvalue weighted by molar-refractivity contribution is -0.137. The Morgan fingerprint density at radius 2 is 1.56 bits per heavy atom. The molecule has 1 fully saturated rings. The van der Waals surface area contributed by atoms with Gasteiger partial charge in [0.05, 0.1) is 5.56 Å². The summed E-state index contributed by atoms with van der Waals surface area (Å²) in [5.74, 6) is 0. The van der Waals surface area contributed by atoms with Crippen LogP contribution in [0.4, 0.5) is 13.2 Å². The number of benzene rings is 1. The van der Waals surface area contributed by atoms with Gasteiger partial charge in [-0.2, -0.15) is 13.2 Å². The van der Waals surface area contributed by atoms with Crippen LogP contribution in [0.1, 0.15) is 43.4 Å². The third-order valence-corrected chi connectivity index (χ3v) is 3.66. The molecule has 0 saturated carbocycles. The molecule has 0 spiro atoms. The van der Waals surface area contributed by atoms with Crippen molar-refractivity contribution < 1.29 is 13.2 Å². The number of likely N-dealkylation sites (tertiary alicyclic amines) is 1. The molecule has 1 heterocycles. The Kier molecular flexibility index (Phi) is 3.95. The van der Waals surface area contributed by atoms with Crippen LogP contribution in [0.15, 0.2) is 24.3 Å². The molecule has 0 amide bonds. The highest BCUT2D eigenvalue weighted by atomic mass is 19.4. The Labute approximate surface area is 106 Å². The van der Waals surface area contributed by atoms with E-state index in [4.69, 9.17) is 0 Å². The van der Waals surface area contributed by atoms with Crippen molar-refractivity contribution in [1.82, 2.24) is 4.90 Å². The summed E-state index contributed by atoms with van der Waals surface area (Å²) in [6.07, 6.45) is -0.612. The Morgan fingerprint density at radius 1 is 1.00 bits per heavy atom. The third kappa shape index (κ3) is 3.05. The van der Waals surface area contributed by atoms with Crippen LogP contribution in [-0.2, 0) is 6.18 Å². The first-order chi connectivity index (χ1) is 8.48. The van der Waals surface area contributed by atoms with E-state index in [0.717, 1.165) is 18.7 Å². The topological polar surface area (TPSA) is 3.24 Å². The van der Waals surface area contributed by atoms with E-state index in [-0.39, 0.29) is 6.04 Å². The minimum absolute atomic E-state index is 0.201. The average Bonchev–Trinajstić information content (AvgIpc) is 2.38. The van der Waals surface area contributed by atoms with Crippen LogP contribution >= 0.6 is 0 Å². The molecule has 1 aromatic rings. The van der Waals surface area contributed by atoms with Gasteiger partial charge in [0.1, 0.15) is 0 Å². The fourth-order valence-electron chi connectivity index (χ4n) is 2.47. The highest BCUT2D eigenvalue weighted by Gasteiger charge is 2.30. The molecule has 1 aliphatic rings. The van der Waals surface area contributed by atoms with Crippen molar-refractivity contribution in [3.63, 3.8) is 0 Å². The Morgan fingerprint density at radius 3 is 2.06 bits per heavy atom. The lowest BCUT2D eigenvalue weighted by atomic mass is 10.0. The summed E-state index contributed by atoms with van der Waals surface area (Å²) in [4.78, 5) is 2.34. The molecular weight excluding hydrogens is 239 g/mol. The first-order valence-corrected chi connectivity index (χ1v) is 6.39. The maximum Gasteiger partial charge on any atom is 0.416 e. The zero-order valence-corrected chi connectivity index (χ0v) is 10.5. The maximum absolute atomic E-state index is 12.5. The second-order valence-corrected chi connectivity index (χ2v) is 4.89. The van der Waals surface area contributed by atoms with E-state index in [9.17, 15) is 13.2 Å². The Bertz CT molecular complexity index is 377. The minimum atomic E-state index is -4.24. The summed E-state index contributed by atoms with van der Waals surface area (Å²) in [6.45, 7) is 4.15. The van der Waals surface area contributed by atoms with Crippen LogP contribution in [0.3, 0.4) is 0 Å². The summed E-state index contributed by atoms with van der Waals surface area (Å²) in [7, 11) is 0. The van der Waals surface area contributed by atoms with Crippen LogP contribution in [0.2, 0.25) is 0 Å². The molecule has 1 aromatic carbocycles. The molecule has 4 heteroatoms. The van der Waals surface area contributed by atoms with Crippen molar-refractivity contribution in [2.75, 3.05) is 13.1 Å². The van der Waals surface area contributed by atoms with Crippen LogP contribution in [-0.4, -0.2) is 18.0 Å². The summed E-state index contributed by atoms with van der Waals surface area (Å²) >= 11 is 0. The van der Waals surface area contributed by atoms with Gasteiger partial charge in [-0.1, -0.05) is 18.6 Å². The number of alkyl halides is 3. The Hall–Kier alpha value is -1.03. The molecule has 100 valence electrons. The first-order valence-electron chi connectivity index (χ1n) is 6.39. The number of rotatable bonds is 2. The molecule has 18 heavy (non-hydrogen) atoms. The van der Waals surface area contributed by atoms with E-state index in [2.05, 4.69) is 11.8 Å². The van der Waals surface area contributed by atoms with Crippen molar-refractivity contribution >= 4 is 0 Å². The van der Waals surface area contributed by atoms with Gasteiger partial charge in [-0.3, -0.25) is 4.90 Å². The summed E-state index contributed by atoms with van der Waals surface area (Å²) < 4.78 is 37.4. The van der Waals surface area contributed by atoms with Gasteiger partial charge in [-0.15, -0.1) is 0 Å². The molecule has 1 saturated heterocycles. The van der Waals surface area contributed by atoms with E-state index < -0.39 is 11.7 Å². The van der Waals surface area contributed by atoms with Crippen LogP contribution in [0.25, 0.3) is 0 Å². The van der Waals surface area contributed by atoms with Crippen molar-refractivity contribution in [3.05, 3.63) is 35.4 Å². The average molecular weight is 257 g/mol. The Balaban J connectivity index is 2.09. The van der Waals surface area contributed by atoms with Gasteiger partial charge in [-0.25, -0.2) is 0 Å². The zero-order chi connectivity index (χ0) is 13.2. The summed E-state index contributed by atoms with van der Waals surface area (Å²) in [5, 5.41) is 0. The first kappa shape index (κ1) is 13.4. The van der Waals surface area contributed by atoms with Gasteiger partial charge >= 0.3 is 6.18 Å². The number of halogens is 3. The standard InChI is InChI=1S/C14H18F3N/c1-11(18-9-3-2-4-10-18)12-5-7-13(8-6-12)14(15,16)17/h5-8,11H,2-4,9-10H2,1H3. The molecule has 1 unspecified atom stereocenters. The lowest BCUT2D eigenvalue weighted by Crippen LogP contribution is -2.32. The largest absolute Gasteiger partial charge is 0.416 e. The van der Waals surface area contributed by atoms with Crippen LogP contribution < -0.4 is 0 Å². The van der Waals surface area contributed by atoms with E-state index in [0.29, 0.717) is 0 Å². The smallest absolute Gasteiger partial charge is 0.297 e. The van der Waals surface area contributed by atoms with Crippen molar-refractivity contribution in [3.8, 4) is 0 Å². The van der Waals surface area contributed by atoms with Crippen molar-refractivity contribution in [2.24, 2.45) is 0 Å². The fraction of sp³-hybridized carbons (Fsp3) is 0.571. The second kappa shape index (κ2) is 5.31. The van der Waals surface area contributed by atoms with Gasteiger partial charge in [0.15, 0.2) is 0 Å². The predicted molar refractivity (Wildman–Crippen MR) is 65.3 cm³/mol. The van der Waals surface area contributed by atoms with E-state index >= 15 is 0 Å². The minimum Gasteiger partial charge on any atom is -0.297 e. The SMILES string of the molecule is CC(c1ccc(C(F)(F)F)cc1)N1CCCCC1. The molecule has 0 N–H and O–H groups in total. The van der Waals surface area contributed by atoms with Crippen LogP contribution in [0.5, 0.6) is 0 Å². The quantitative estimate of drug-likeness (QED) is 0.765. The van der Waals surface area contributed by atoms with E-state index in [1.165, 1.54) is 31.4 Å². The molecule has 1 nitrogen and oxygen atoms in total. The molecule has 2 rings (SSSR count). The molecule has 1 aliphatic heterocycles. The molecule has 0 aliphatic carbocycles. The number of hydrogen-bond donors (Lipinski definition) is 0. The maximum atomic E-state index is 12.5. The summed E-state index contributed by atoms with van der Waals surface area (Å²) in [6, 6.07) is 5.75. The highest BCUT2D eigenvalue weighted by Crippen LogP contribution is 2.31. The normalized spacial score (nSPS) is 19.8. The summed E-state index contributed by atoms with van der Waals surface area (Å²) in [5.41, 5.74) is 0.391. The van der Waals surface area contributed by atoms with Crippen molar-refractivity contribution in [2.45, 2.75) is 38.4 Å². The molecule has 1 atom stereocenters. The molecule has 0 radical (unpaired) electrons. The molecule has 0 aromatic heterocycles.